The summed E-state index contributed by atoms with van der Waals surface area (Å²) in [6, 6.07) is 22.9. The van der Waals surface area contributed by atoms with Crippen LogP contribution in [0.15, 0.2) is 72.8 Å². The molecule has 1 atom stereocenters. The summed E-state index contributed by atoms with van der Waals surface area (Å²) in [4.78, 5) is 27.9. The van der Waals surface area contributed by atoms with E-state index in [1.165, 1.54) is 0 Å². The highest BCUT2D eigenvalue weighted by Crippen LogP contribution is 2.24. The number of aryl methyl sites for hydroxylation is 1. The number of methoxy groups -OCH3 is 1. The second-order valence-electron chi connectivity index (χ2n) is 8.89. The molecule has 1 aliphatic rings. The molecule has 1 N–H and O–H groups in total. The van der Waals surface area contributed by atoms with E-state index in [1.807, 2.05) is 67.6 Å². The molecule has 0 aliphatic carbocycles. The number of ether oxygens (including phenoxy) is 2. The molecule has 0 aromatic heterocycles. The van der Waals surface area contributed by atoms with Crippen LogP contribution in [-0.4, -0.2) is 38.2 Å². The fourth-order valence-electron chi connectivity index (χ4n) is 4.18. The maximum atomic E-state index is 13.6. The Morgan fingerprint density at radius 1 is 1.03 bits per heavy atom. The molecule has 0 unspecified atom stereocenters. The van der Waals surface area contributed by atoms with Crippen LogP contribution in [0.4, 0.5) is 5.69 Å². The normalized spacial score (nSPS) is 15.0. The van der Waals surface area contributed by atoms with Crippen LogP contribution in [0.1, 0.15) is 39.9 Å². The Morgan fingerprint density at radius 3 is 2.57 bits per heavy atom. The van der Waals surface area contributed by atoms with E-state index in [2.05, 4.69) is 5.32 Å². The van der Waals surface area contributed by atoms with Crippen LogP contribution in [0, 0.1) is 6.92 Å². The van der Waals surface area contributed by atoms with Crippen LogP contribution in [0.3, 0.4) is 0 Å². The van der Waals surface area contributed by atoms with E-state index >= 15 is 0 Å². The van der Waals surface area contributed by atoms with Crippen LogP contribution in [-0.2, 0) is 22.5 Å². The molecule has 1 fully saturated rings. The molecule has 0 radical (unpaired) electrons. The summed E-state index contributed by atoms with van der Waals surface area (Å²) >= 11 is 0. The summed E-state index contributed by atoms with van der Waals surface area (Å²) in [5.41, 5.74) is 4.31. The lowest BCUT2D eigenvalue weighted by Gasteiger charge is -2.24. The van der Waals surface area contributed by atoms with E-state index in [1.54, 1.807) is 24.1 Å². The molecule has 1 aliphatic heterocycles. The number of rotatable bonds is 9. The summed E-state index contributed by atoms with van der Waals surface area (Å²) in [6.07, 6.45) is 2.37. The van der Waals surface area contributed by atoms with Crippen molar-refractivity contribution in [3.63, 3.8) is 0 Å². The molecule has 2 amide bonds. The number of benzene rings is 3. The Hall–Kier alpha value is -3.64. The molecule has 4 rings (SSSR count). The Morgan fingerprint density at radius 2 is 1.83 bits per heavy atom. The van der Waals surface area contributed by atoms with Crippen molar-refractivity contribution in [3.05, 3.63) is 95.1 Å². The van der Waals surface area contributed by atoms with Crippen molar-refractivity contribution >= 4 is 17.5 Å². The standard InChI is InChI=1S/C29H32N2O4/c1-21-11-13-22(14-12-21)20-31(29(33)24-7-4-9-26(18-24)34-2)25-8-3-6-23(16-25)17-28(32)30-19-27-10-5-15-35-27/h3-4,6-9,11-14,16,18,27H,5,10,15,17,19-20H2,1-2H3,(H,30,32)/t27-/m0/s1. The quantitative estimate of drug-likeness (QED) is 0.491. The molecule has 182 valence electrons. The fraction of sp³-hybridized carbons (Fsp3) is 0.310. The molecule has 6 heteroatoms. The molecule has 1 saturated heterocycles. The summed E-state index contributed by atoms with van der Waals surface area (Å²) in [5.74, 6) is 0.439. The van der Waals surface area contributed by atoms with E-state index in [0.717, 1.165) is 41.8 Å². The van der Waals surface area contributed by atoms with Crippen LogP contribution in [0.25, 0.3) is 0 Å². The fourth-order valence-corrected chi connectivity index (χ4v) is 4.18. The van der Waals surface area contributed by atoms with Gasteiger partial charge in [-0.3, -0.25) is 9.59 Å². The van der Waals surface area contributed by atoms with E-state index in [4.69, 9.17) is 9.47 Å². The van der Waals surface area contributed by atoms with Gasteiger partial charge in [-0.2, -0.15) is 0 Å². The van der Waals surface area contributed by atoms with Gasteiger partial charge in [-0.15, -0.1) is 0 Å². The van der Waals surface area contributed by atoms with Crippen LogP contribution >= 0.6 is 0 Å². The van der Waals surface area contributed by atoms with Crippen molar-refractivity contribution in [2.24, 2.45) is 0 Å². The van der Waals surface area contributed by atoms with E-state index in [-0.39, 0.29) is 24.3 Å². The number of nitrogens with zero attached hydrogens (tertiary/aromatic N) is 1. The van der Waals surface area contributed by atoms with Crippen molar-refractivity contribution in [1.82, 2.24) is 5.32 Å². The van der Waals surface area contributed by atoms with E-state index in [0.29, 0.717) is 24.4 Å². The summed E-state index contributed by atoms with van der Waals surface area (Å²) < 4.78 is 10.9. The minimum atomic E-state index is -0.135. The number of hydrogen-bond donors (Lipinski definition) is 1. The highest BCUT2D eigenvalue weighted by atomic mass is 16.5. The maximum Gasteiger partial charge on any atom is 0.258 e. The molecule has 1 heterocycles. The van der Waals surface area contributed by atoms with Gasteiger partial charge in [-0.05, 0) is 61.2 Å². The average Bonchev–Trinajstić information content (AvgIpc) is 3.41. The van der Waals surface area contributed by atoms with Crippen LogP contribution in [0.2, 0.25) is 0 Å². The predicted molar refractivity (Wildman–Crippen MR) is 137 cm³/mol. The second-order valence-corrected chi connectivity index (χ2v) is 8.89. The highest BCUT2D eigenvalue weighted by molar-refractivity contribution is 6.06. The van der Waals surface area contributed by atoms with Crippen molar-refractivity contribution in [2.75, 3.05) is 25.2 Å². The monoisotopic (exact) mass is 472 g/mol. The van der Waals surface area contributed by atoms with E-state index in [9.17, 15) is 9.59 Å². The summed E-state index contributed by atoms with van der Waals surface area (Å²) in [7, 11) is 1.58. The molecular formula is C29H32N2O4. The highest BCUT2D eigenvalue weighted by Gasteiger charge is 2.20. The van der Waals surface area contributed by atoms with Crippen LogP contribution < -0.4 is 15.0 Å². The zero-order valence-corrected chi connectivity index (χ0v) is 20.3. The van der Waals surface area contributed by atoms with Gasteiger partial charge in [0.25, 0.3) is 5.91 Å². The first-order chi connectivity index (χ1) is 17.0. The summed E-state index contributed by atoms with van der Waals surface area (Å²) in [6.45, 7) is 3.74. The van der Waals surface area contributed by atoms with Gasteiger partial charge in [0.05, 0.1) is 26.2 Å². The van der Waals surface area contributed by atoms with Gasteiger partial charge >= 0.3 is 0 Å². The molecule has 0 spiro atoms. The third-order valence-corrected chi connectivity index (χ3v) is 6.16. The third-order valence-electron chi connectivity index (χ3n) is 6.16. The lowest BCUT2D eigenvalue weighted by atomic mass is 10.1. The zero-order chi connectivity index (χ0) is 24.6. The van der Waals surface area contributed by atoms with Gasteiger partial charge in [0.15, 0.2) is 0 Å². The third kappa shape index (κ3) is 6.70. The maximum absolute atomic E-state index is 13.6. The van der Waals surface area contributed by atoms with Gasteiger partial charge < -0.3 is 19.7 Å². The minimum absolute atomic E-state index is 0.0538. The molecule has 35 heavy (non-hydrogen) atoms. The SMILES string of the molecule is COc1cccc(C(=O)N(Cc2ccc(C)cc2)c2cccc(CC(=O)NC[C@@H]3CCCO3)c2)c1. The lowest BCUT2D eigenvalue weighted by molar-refractivity contribution is -0.120. The van der Waals surface area contributed by atoms with Gasteiger partial charge in [0, 0.05) is 24.4 Å². The Labute approximate surface area is 206 Å². The Balaban J connectivity index is 1.55. The van der Waals surface area contributed by atoms with Gasteiger partial charge in [0.1, 0.15) is 5.75 Å². The first-order valence-corrected chi connectivity index (χ1v) is 12.0. The van der Waals surface area contributed by atoms with Gasteiger partial charge in [0.2, 0.25) is 5.91 Å². The van der Waals surface area contributed by atoms with Crippen molar-refractivity contribution in [2.45, 2.75) is 38.8 Å². The Kier molecular flexibility index (Phi) is 8.16. The summed E-state index contributed by atoms with van der Waals surface area (Å²) in [5, 5.41) is 2.97. The second kappa shape index (κ2) is 11.7. The first kappa shape index (κ1) is 24.5. The average molecular weight is 473 g/mol. The first-order valence-electron chi connectivity index (χ1n) is 12.0. The number of amides is 2. The predicted octanol–water partition coefficient (Wildman–Crippen LogP) is 4.69. The van der Waals surface area contributed by atoms with Crippen LogP contribution in [0.5, 0.6) is 5.75 Å². The minimum Gasteiger partial charge on any atom is -0.497 e. The molecule has 0 saturated carbocycles. The van der Waals surface area contributed by atoms with Gasteiger partial charge in [-0.1, -0.05) is 48.0 Å². The van der Waals surface area contributed by atoms with Gasteiger partial charge in [-0.25, -0.2) is 0 Å². The zero-order valence-electron chi connectivity index (χ0n) is 20.3. The van der Waals surface area contributed by atoms with Crippen molar-refractivity contribution in [3.8, 4) is 5.75 Å². The topological polar surface area (TPSA) is 67.9 Å². The molecule has 6 nitrogen and oxygen atoms in total. The molecule has 0 bridgehead atoms. The number of nitrogens with one attached hydrogen (secondary N) is 1. The van der Waals surface area contributed by atoms with Crippen molar-refractivity contribution in [1.29, 1.82) is 0 Å². The smallest absolute Gasteiger partial charge is 0.258 e. The lowest BCUT2D eigenvalue weighted by Crippen LogP contribution is -2.33. The number of anilines is 1. The molecule has 3 aromatic carbocycles. The molecular weight excluding hydrogens is 440 g/mol. The number of hydrogen-bond acceptors (Lipinski definition) is 4. The Bertz CT molecular complexity index is 1150. The number of carbonyl (C=O) groups is 2. The number of carbonyl (C=O) groups excluding carboxylic acids is 2. The van der Waals surface area contributed by atoms with E-state index < -0.39 is 0 Å². The van der Waals surface area contributed by atoms with Crippen molar-refractivity contribution < 1.29 is 19.1 Å². The largest absolute Gasteiger partial charge is 0.497 e. The molecule has 3 aromatic rings.